The Morgan fingerprint density at radius 2 is 0.955 bits per heavy atom. The SMILES string of the molecule is O=C([C@@H]1Cc2cc(Cl)cc(-c3ccnc4[nH]ccc34)c2O1)N1CCN(C2CCNCC2)CC1.O=C([C@H]1Cc2cc(Cl)cc(-c3ccnc4[nH]ccc34)c2O1)N1CCN(C2CCNCC2)CC1. The molecule has 2 atom stereocenters. The molecule has 0 spiro atoms. The third-order valence-electron chi connectivity index (χ3n) is 14.5. The standard InChI is InChI=1S/2C25H28ClN5O2/c2*26-17-13-16-14-22(25(32)31-11-9-30(10-12-31)18-1-5-27-6-2-18)33-23(16)21(15-17)19-3-7-28-24-20(19)4-8-29-24/h2*3-4,7-8,13,15,18,22,27H,1-2,5-6,9-12,14H2,(H,28,29)/t2*22-/m10/s1. The van der Waals surface area contributed by atoms with Crippen LogP contribution in [0, 0.1) is 0 Å². The minimum absolute atomic E-state index is 0.0831. The van der Waals surface area contributed by atoms with Crippen molar-refractivity contribution in [2.45, 2.75) is 62.8 Å². The zero-order valence-corrected chi connectivity index (χ0v) is 38.5. The molecule has 66 heavy (non-hydrogen) atoms. The lowest BCUT2D eigenvalue weighted by Crippen LogP contribution is -2.55. The Balaban J connectivity index is 0.000000146. The highest BCUT2D eigenvalue weighted by atomic mass is 35.5. The van der Waals surface area contributed by atoms with Crippen LogP contribution in [0.2, 0.25) is 10.0 Å². The molecule has 2 amide bonds. The van der Waals surface area contributed by atoms with Gasteiger partial charge in [0.1, 0.15) is 22.8 Å². The van der Waals surface area contributed by atoms with Crippen LogP contribution in [0.4, 0.5) is 0 Å². The molecule has 0 bridgehead atoms. The number of piperazine rings is 2. The van der Waals surface area contributed by atoms with Gasteiger partial charge in [0.05, 0.1) is 0 Å². The number of ether oxygens (including phenoxy) is 2. The minimum atomic E-state index is -0.494. The van der Waals surface area contributed by atoms with Crippen LogP contribution >= 0.6 is 23.2 Å². The molecule has 344 valence electrons. The van der Waals surface area contributed by atoms with E-state index in [0.717, 1.165) is 145 Å². The quantitative estimate of drug-likeness (QED) is 0.153. The maximum atomic E-state index is 13.4. The zero-order chi connectivity index (χ0) is 44.7. The maximum Gasteiger partial charge on any atom is 0.264 e. The van der Waals surface area contributed by atoms with Crippen molar-refractivity contribution >= 4 is 57.1 Å². The number of fused-ring (bicyclic) bond motifs is 4. The molecule has 4 N–H and O–H groups in total. The number of nitrogens with zero attached hydrogens (tertiary/aromatic N) is 6. The van der Waals surface area contributed by atoms with Crippen molar-refractivity contribution in [3.8, 4) is 33.8 Å². The monoisotopic (exact) mass is 930 g/mol. The summed E-state index contributed by atoms with van der Waals surface area (Å²) in [6, 6.07) is 16.9. The summed E-state index contributed by atoms with van der Waals surface area (Å²) < 4.78 is 12.7. The van der Waals surface area contributed by atoms with Crippen molar-refractivity contribution < 1.29 is 19.1 Å². The summed E-state index contributed by atoms with van der Waals surface area (Å²) in [5, 5.41) is 10.2. The minimum Gasteiger partial charge on any atom is -0.479 e. The normalized spacial score (nSPS) is 21.8. The number of piperidine rings is 2. The van der Waals surface area contributed by atoms with E-state index in [4.69, 9.17) is 32.7 Å². The van der Waals surface area contributed by atoms with E-state index in [0.29, 0.717) is 35.0 Å². The Labute approximate surface area is 394 Å². The first kappa shape index (κ1) is 43.4. The first-order valence-electron chi connectivity index (χ1n) is 23.6. The van der Waals surface area contributed by atoms with Crippen LogP contribution < -0.4 is 20.1 Å². The van der Waals surface area contributed by atoms with E-state index >= 15 is 0 Å². The molecule has 16 heteroatoms. The molecule has 0 aliphatic carbocycles. The van der Waals surface area contributed by atoms with Crippen LogP contribution in [0.5, 0.6) is 11.5 Å². The lowest BCUT2D eigenvalue weighted by atomic mass is 9.99. The molecule has 12 rings (SSSR count). The average Bonchev–Trinajstić information content (AvgIpc) is 4.21. The highest BCUT2D eigenvalue weighted by molar-refractivity contribution is 6.31. The second kappa shape index (κ2) is 18.8. The van der Waals surface area contributed by atoms with Crippen molar-refractivity contribution in [1.82, 2.24) is 50.2 Å². The van der Waals surface area contributed by atoms with Crippen molar-refractivity contribution in [2.75, 3.05) is 78.5 Å². The molecule has 6 aromatic rings. The van der Waals surface area contributed by atoms with E-state index in [1.807, 2.05) is 70.7 Å². The molecule has 0 saturated carbocycles. The van der Waals surface area contributed by atoms with Crippen molar-refractivity contribution in [3.05, 3.63) is 94.5 Å². The summed E-state index contributed by atoms with van der Waals surface area (Å²) in [4.78, 5) is 50.9. The van der Waals surface area contributed by atoms with Gasteiger partial charge in [-0.25, -0.2) is 9.97 Å². The number of carbonyl (C=O) groups is 2. The van der Waals surface area contributed by atoms with Gasteiger partial charge in [-0.15, -0.1) is 0 Å². The predicted molar refractivity (Wildman–Crippen MR) is 257 cm³/mol. The molecule has 14 nitrogen and oxygen atoms in total. The molecule has 6 aliphatic rings. The van der Waals surface area contributed by atoms with Gasteiger partial charge in [-0.1, -0.05) is 23.2 Å². The van der Waals surface area contributed by atoms with E-state index in [2.05, 4.69) is 40.4 Å². The number of halogens is 2. The van der Waals surface area contributed by atoms with Gasteiger partial charge in [0.25, 0.3) is 11.8 Å². The lowest BCUT2D eigenvalue weighted by Gasteiger charge is -2.41. The molecule has 0 unspecified atom stereocenters. The molecule has 10 heterocycles. The Morgan fingerprint density at radius 3 is 1.36 bits per heavy atom. The van der Waals surface area contributed by atoms with Crippen LogP contribution in [-0.2, 0) is 22.4 Å². The molecule has 4 fully saturated rings. The summed E-state index contributed by atoms with van der Waals surface area (Å²) in [5.41, 5.74) is 7.45. The van der Waals surface area contributed by atoms with E-state index in [1.54, 1.807) is 12.4 Å². The Bertz CT molecular complexity index is 2550. The fourth-order valence-electron chi connectivity index (χ4n) is 11.1. The Kier molecular flexibility index (Phi) is 12.4. The third-order valence-corrected chi connectivity index (χ3v) is 15.0. The van der Waals surface area contributed by atoms with Crippen LogP contribution in [0.3, 0.4) is 0 Å². The predicted octanol–water partition coefficient (Wildman–Crippen LogP) is 6.17. The highest BCUT2D eigenvalue weighted by Crippen LogP contribution is 2.45. The second-order valence-electron chi connectivity index (χ2n) is 18.4. The number of aromatic nitrogens is 4. The third kappa shape index (κ3) is 8.63. The van der Waals surface area contributed by atoms with Crippen molar-refractivity contribution in [2.24, 2.45) is 0 Å². The molecule has 2 aromatic carbocycles. The van der Waals surface area contributed by atoms with E-state index in [-0.39, 0.29) is 11.8 Å². The van der Waals surface area contributed by atoms with Gasteiger partial charge in [0, 0.05) is 145 Å². The van der Waals surface area contributed by atoms with Gasteiger partial charge < -0.3 is 39.9 Å². The molecule has 0 radical (unpaired) electrons. The van der Waals surface area contributed by atoms with Crippen molar-refractivity contribution in [3.63, 3.8) is 0 Å². The zero-order valence-electron chi connectivity index (χ0n) is 37.0. The number of aromatic amines is 2. The molecular weight excluding hydrogens is 876 g/mol. The lowest BCUT2D eigenvalue weighted by molar-refractivity contribution is -0.140. The van der Waals surface area contributed by atoms with E-state index in [9.17, 15) is 9.59 Å². The highest BCUT2D eigenvalue weighted by Gasteiger charge is 2.38. The summed E-state index contributed by atoms with van der Waals surface area (Å²) in [6.45, 7) is 11.2. The van der Waals surface area contributed by atoms with E-state index in [1.165, 1.54) is 25.7 Å². The number of amides is 2. The number of H-pyrrole nitrogens is 2. The fraction of sp³-hybridized carbons (Fsp3) is 0.440. The van der Waals surface area contributed by atoms with Gasteiger partial charge in [0.2, 0.25) is 0 Å². The number of benzene rings is 2. The van der Waals surface area contributed by atoms with Crippen LogP contribution in [0.15, 0.2) is 73.3 Å². The summed E-state index contributed by atoms with van der Waals surface area (Å²) >= 11 is 13.0. The number of nitrogens with one attached hydrogen (secondary N) is 4. The molecule has 6 aliphatic heterocycles. The number of hydrogen-bond donors (Lipinski definition) is 4. The molecule has 4 aromatic heterocycles. The van der Waals surface area contributed by atoms with Crippen molar-refractivity contribution in [1.29, 1.82) is 0 Å². The van der Waals surface area contributed by atoms with Gasteiger partial charge >= 0.3 is 0 Å². The smallest absolute Gasteiger partial charge is 0.264 e. The Hall–Kier alpha value is -5.22. The number of carbonyl (C=O) groups excluding carboxylic acids is 2. The number of rotatable bonds is 6. The van der Waals surface area contributed by atoms with Gasteiger partial charge in [0.15, 0.2) is 12.2 Å². The second-order valence-corrected chi connectivity index (χ2v) is 19.3. The van der Waals surface area contributed by atoms with Gasteiger partial charge in [-0.2, -0.15) is 0 Å². The van der Waals surface area contributed by atoms with Crippen LogP contribution in [-0.4, -0.2) is 154 Å². The first-order valence-corrected chi connectivity index (χ1v) is 24.4. The van der Waals surface area contributed by atoms with E-state index < -0.39 is 12.2 Å². The number of hydrogen-bond acceptors (Lipinski definition) is 10. The summed E-state index contributed by atoms with van der Waals surface area (Å²) in [5.74, 6) is 1.69. The molecule has 4 saturated heterocycles. The summed E-state index contributed by atoms with van der Waals surface area (Å²) in [6.07, 6.45) is 12.2. The number of pyridine rings is 2. The van der Waals surface area contributed by atoms with Crippen LogP contribution in [0.1, 0.15) is 36.8 Å². The summed E-state index contributed by atoms with van der Waals surface area (Å²) in [7, 11) is 0. The topological polar surface area (TPSA) is 147 Å². The van der Waals surface area contributed by atoms with Crippen LogP contribution in [0.25, 0.3) is 44.3 Å². The van der Waals surface area contributed by atoms with Gasteiger partial charge in [-0.3, -0.25) is 19.4 Å². The Morgan fingerprint density at radius 1 is 0.545 bits per heavy atom. The first-order chi connectivity index (χ1) is 32.3. The largest absolute Gasteiger partial charge is 0.479 e. The fourth-order valence-corrected chi connectivity index (χ4v) is 11.6. The van der Waals surface area contributed by atoms with Gasteiger partial charge in [-0.05, 0) is 112 Å². The maximum absolute atomic E-state index is 13.4. The average molecular weight is 932 g/mol. The molecular formula is C50H56Cl2N10O4.